The Morgan fingerprint density at radius 1 is 0.970 bits per heavy atom. The fourth-order valence-corrected chi connectivity index (χ4v) is 5.65. The van der Waals surface area contributed by atoms with Gasteiger partial charge in [0.25, 0.3) is 5.91 Å². The van der Waals surface area contributed by atoms with E-state index in [4.69, 9.17) is 5.73 Å². The number of rotatable bonds is 9. The third-order valence-corrected chi connectivity index (χ3v) is 8.41. The molecule has 0 radical (unpaired) electrons. The van der Waals surface area contributed by atoms with Crippen LogP contribution in [-0.2, 0) is 19.2 Å². The lowest BCUT2D eigenvalue weighted by atomic mass is 9.70. The number of carbonyl (C=O) groups is 4. The highest BCUT2D eigenvalue weighted by atomic mass is 16.2. The molecule has 8 heteroatoms. The van der Waals surface area contributed by atoms with Crippen molar-refractivity contribution in [2.75, 3.05) is 6.54 Å². The van der Waals surface area contributed by atoms with Gasteiger partial charge in [0.15, 0.2) is 0 Å². The van der Waals surface area contributed by atoms with Crippen molar-refractivity contribution in [2.45, 2.75) is 115 Å². The van der Waals surface area contributed by atoms with Crippen LogP contribution in [0.15, 0.2) is 0 Å². The Hall–Kier alpha value is -1.96. The predicted molar refractivity (Wildman–Crippen MR) is 124 cm³/mol. The largest absolute Gasteiger partial charge is 0.347 e. The molecule has 3 amide bonds. The first-order valence-corrected chi connectivity index (χ1v) is 13.0. The summed E-state index contributed by atoms with van der Waals surface area (Å²) in [6.07, 6.45) is 11.9. The van der Waals surface area contributed by atoms with Gasteiger partial charge in [0.1, 0.15) is 6.04 Å². The Balaban J connectivity index is 1.40. The molecule has 1 unspecified atom stereocenters. The maximum atomic E-state index is 13.3. The molecule has 3 atom stereocenters. The number of nitrogens with one attached hydrogen (secondary N) is 2. The number of hydrogen-bond acceptors (Lipinski definition) is 5. The average molecular weight is 461 g/mol. The number of Topliss-reactive ketones (excluding diaryl/α,β-unsaturated/α-hetero) is 1. The van der Waals surface area contributed by atoms with Crippen LogP contribution in [0.5, 0.6) is 0 Å². The van der Waals surface area contributed by atoms with E-state index in [1.165, 1.54) is 6.42 Å². The van der Waals surface area contributed by atoms with E-state index in [1.807, 2.05) is 0 Å². The fraction of sp³-hybridized carbons (Fsp3) is 0.840. The Morgan fingerprint density at radius 2 is 1.67 bits per heavy atom. The molecule has 0 aromatic heterocycles. The number of nitrogens with zero attached hydrogens (tertiary/aromatic N) is 1. The third kappa shape index (κ3) is 5.58. The first-order valence-electron chi connectivity index (χ1n) is 13.0. The standard InChI is InChI=1S/C25H40N4O4/c1-25(12-3-2-4-13-25)21(26)24(33)29-14-6-9-19(29)22(31)28-18(15-16-7-5-8-16)20(30)23(32)27-17-10-11-17/h16-19,21H,2-15,26H2,1H3,(H,27,32)(H,28,31)/t18?,19-,21+/m0/s1. The molecule has 4 aliphatic rings. The highest BCUT2D eigenvalue weighted by Crippen LogP contribution is 2.39. The number of hydrogen-bond donors (Lipinski definition) is 3. The van der Waals surface area contributed by atoms with Crippen LogP contribution in [-0.4, -0.2) is 59.1 Å². The van der Waals surface area contributed by atoms with Crippen LogP contribution in [0.1, 0.15) is 90.4 Å². The van der Waals surface area contributed by atoms with Gasteiger partial charge in [-0.25, -0.2) is 0 Å². The summed E-state index contributed by atoms with van der Waals surface area (Å²) in [5.74, 6) is -1.31. The number of ketones is 1. The van der Waals surface area contributed by atoms with E-state index in [2.05, 4.69) is 17.6 Å². The number of likely N-dealkylation sites (tertiary alicyclic amines) is 1. The molecule has 33 heavy (non-hydrogen) atoms. The lowest BCUT2D eigenvalue weighted by molar-refractivity contribution is -0.144. The van der Waals surface area contributed by atoms with Crippen molar-refractivity contribution >= 4 is 23.5 Å². The smallest absolute Gasteiger partial charge is 0.289 e. The van der Waals surface area contributed by atoms with Crippen LogP contribution in [0.3, 0.4) is 0 Å². The lowest BCUT2D eigenvalue weighted by Crippen LogP contribution is -2.58. The van der Waals surface area contributed by atoms with Crippen molar-refractivity contribution in [1.29, 1.82) is 0 Å². The molecular weight excluding hydrogens is 420 g/mol. The van der Waals surface area contributed by atoms with Gasteiger partial charge in [-0.15, -0.1) is 0 Å². The highest BCUT2D eigenvalue weighted by Gasteiger charge is 2.44. The minimum atomic E-state index is -0.830. The summed E-state index contributed by atoms with van der Waals surface area (Å²) in [7, 11) is 0. The van der Waals surface area contributed by atoms with Gasteiger partial charge in [-0.05, 0) is 56.3 Å². The molecule has 0 spiro atoms. The van der Waals surface area contributed by atoms with E-state index < -0.39 is 29.8 Å². The molecule has 1 saturated heterocycles. The summed E-state index contributed by atoms with van der Waals surface area (Å²) in [5, 5.41) is 5.61. The molecule has 3 saturated carbocycles. The number of amides is 3. The van der Waals surface area contributed by atoms with E-state index in [0.717, 1.165) is 64.2 Å². The zero-order valence-corrected chi connectivity index (χ0v) is 19.9. The van der Waals surface area contributed by atoms with Crippen molar-refractivity contribution in [3.8, 4) is 0 Å². The molecule has 4 rings (SSSR count). The highest BCUT2D eigenvalue weighted by molar-refractivity contribution is 6.38. The van der Waals surface area contributed by atoms with Crippen molar-refractivity contribution in [2.24, 2.45) is 17.1 Å². The van der Waals surface area contributed by atoms with Crippen molar-refractivity contribution in [3.05, 3.63) is 0 Å². The predicted octanol–water partition coefficient (Wildman–Crippen LogP) is 1.80. The van der Waals surface area contributed by atoms with E-state index in [-0.39, 0.29) is 23.3 Å². The second kappa shape index (κ2) is 10.1. The van der Waals surface area contributed by atoms with E-state index in [9.17, 15) is 19.2 Å². The summed E-state index contributed by atoms with van der Waals surface area (Å²) in [6, 6.07) is -1.99. The summed E-state index contributed by atoms with van der Waals surface area (Å²) < 4.78 is 0. The van der Waals surface area contributed by atoms with Gasteiger partial charge in [-0.1, -0.05) is 45.4 Å². The van der Waals surface area contributed by atoms with Crippen molar-refractivity contribution < 1.29 is 19.2 Å². The molecule has 3 aliphatic carbocycles. The van der Waals surface area contributed by atoms with Gasteiger partial charge in [0.2, 0.25) is 17.6 Å². The summed E-state index contributed by atoms with van der Waals surface area (Å²) in [5.41, 5.74) is 6.24. The van der Waals surface area contributed by atoms with Gasteiger partial charge < -0.3 is 21.3 Å². The topological polar surface area (TPSA) is 122 Å². The Labute approximate surface area is 196 Å². The zero-order chi connectivity index (χ0) is 23.6. The SMILES string of the molecule is CC1([C@H](N)C(=O)N2CCC[C@H]2C(=O)NC(CC2CCC2)C(=O)C(=O)NC2CC2)CCCCC1. The minimum Gasteiger partial charge on any atom is -0.347 e. The van der Waals surface area contributed by atoms with E-state index >= 15 is 0 Å². The molecule has 4 N–H and O–H groups in total. The third-order valence-electron chi connectivity index (χ3n) is 8.41. The molecular formula is C25H40N4O4. The first kappa shape index (κ1) is 24.2. The van der Waals surface area contributed by atoms with Gasteiger partial charge in [0.05, 0.1) is 12.1 Å². The van der Waals surface area contributed by atoms with Crippen LogP contribution in [0.25, 0.3) is 0 Å². The molecule has 0 aromatic rings. The Morgan fingerprint density at radius 3 is 2.27 bits per heavy atom. The molecule has 8 nitrogen and oxygen atoms in total. The summed E-state index contributed by atoms with van der Waals surface area (Å²) in [6.45, 7) is 2.59. The quantitative estimate of drug-likeness (QED) is 0.453. The molecule has 0 aromatic carbocycles. The summed E-state index contributed by atoms with van der Waals surface area (Å²) in [4.78, 5) is 53.5. The lowest BCUT2D eigenvalue weighted by Gasteiger charge is -2.40. The molecule has 4 fully saturated rings. The first-order chi connectivity index (χ1) is 15.8. The molecule has 1 aliphatic heterocycles. The Bertz CT molecular complexity index is 770. The van der Waals surface area contributed by atoms with Crippen LogP contribution in [0.2, 0.25) is 0 Å². The van der Waals surface area contributed by atoms with Crippen LogP contribution >= 0.6 is 0 Å². The van der Waals surface area contributed by atoms with Gasteiger partial charge >= 0.3 is 0 Å². The molecule has 1 heterocycles. The van der Waals surface area contributed by atoms with Crippen molar-refractivity contribution in [3.63, 3.8) is 0 Å². The Kier molecular flexibility index (Phi) is 7.41. The average Bonchev–Trinajstić information content (AvgIpc) is 3.45. The zero-order valence-electron chi connectivity index (χ0n) is 19.9. The molecule has 184 valence electrons. The van der Waals surface area contributed by atoms with E-state index in [0.29, 0.717) is 25.3 Å². The van der Waals surface area contributed by atoms with Gasteiger partial charge in [-0.3, -0.25) is 19.2 Å². The number of nitrogens with two attached hydrogens (primary N) is 1. The second-order valence-corrected chi connectivity index (χ2v) is 11.1. The van der Waals surface area contributed by atoms with Gasteiger partial charge in [0, 0.05) is 12.6 Å². The van der Waals surface area contributed by atoms with Gasteiger partial charge in [-0.2, -0.15) is 0 Å². The van der Waals surface area contributed by atoms with Crippen LogP contribution in [0, 0.1) is 11.3 Å². The van der Waals surface area contributed by atoms with Crippen LogP contribution in [0.4, 0.5) is 0 Å². The summed E-state index contributed by atoms with van der Waals surface area (Å²) >= 11 is 0. The number of carbonyl (C=O) groups excluding carboxylic acids is 4. The maximum Gasteiger partial charge on any atom is 0.289 e. The second-order valence-electron chi connectivity index (χ2n) is 11.1. The molecule has 0 bridgehead atoms. The monoisotopic (exact) mass is 460 g/mol. The fourth-order valence-electron chi connectivity index (χ4n) is 5.65. The normalized spacial score (nSPS) is 26.7. The van der Waals surface area contributed by atoms with Crippen molar-refractivity contribution in [1.82, 2.24) is 15.5 Å². The van der Waals surface area contributed by atoms with E-state index in [1.54, 1.807) is 4.90 Å². The van der Waals surface area contributed by atoms with Crippen LogP contribution < -0.4 is 16.4 Å². The maximum absolute atomic E-state index is 13.3. The minimum absolute atomic E-state index is 0.0899.